The average Bonchev–Trinajstić information content (AvgIpc) is 3.19. The van der Waals surface area contributed by atoms with Gasteiger partial charge in [-0.1, -0.05) is 73.5 Å². The first-order valence-corrected chi connectivity index (χ1v) is 11.3. The minimum absolute atomic E-state index is 0.113. The van der Waals surface area contributed by atoms with E-state index in [2.05, 4.69) is 12.1 Å². The van der Waals surface area contributed by atoms with Crippen molar-refractivity contribution in [3.63, 3.8) is 0 Å². The number of rotatable bonds is 7. The second kappa shape index (κ2) is 9.92. The topological polar surface area (TPSA) is 46.6 Å². The summed E-state index contributed by atoms with van der Waals surface area (Å²) in [6.45, 7) is 0.265. The Labute approximate surface area is 179 Å². The van der Waals surface area contributed by atoms with Crippen molar-refractivity contribution in [2.24, 2.45) is 5.92 Å². The number of carbonyl (C=O) groups excluding carboxylic acids is 2. The molecule has 158 valence electrons. The van der Waals surface area contributed by atoms with Gasteiger partial charge in [0.15, 0.2) is 0 Å². The molecule has 1 heterocycles. The highest BCUT2D eigenvalue weighted by molar-refractivity contribution is 5.85. The fourth-order valence-electron chi connectivity index (χ4n) is 5.07. The number of nitrogens with zero attached hydrogens (tertiary/aromatic N) is 1. The van der Waals surface area contributed by atoms with E-state index in [4.69, 9.17) is 4.74 Å². The van der Waals surface area contributed by atoms with Gasteiger partial charge in [-0.05, 0) is 49.1 Å². The summed E-state index contributed by atoms with van der Waals surface area (Å²) in [5.74, 6) is 0.303. The third-order valence-corrected chi connectivity index (χ3v) is 6.57. The number of likely N-dealkylation sites (tertiary alicyclic amines) is 1. The van der Waals surface area contributed by atoms with Gasteiger partial charge in [0, 0.05) is 12.5 Å². The van der Waals surface area contributed by atoms with Crippen LogP contribution >= 0.6 is 0 Å². The molecule has 1 aliphatic heterocycles. The largest absolute Gasteiger partial charge is 0.459 e. The summed E-state index contributed by atoms with van der Waals surface area (Å²) < 4.78 is 5.64. The molecule has 3 atom stereocenters. The molecule has 1 aliphatic carbocycles. The van der Waals surface area contributed by atoms with Crippen molar-refractivity contribution in [2.75, 3.05) is 0 Å². The zero-order valence-electron chi connectivity index (χ0n) is 17.5. The maximum atomic E-state index is 13.2. The summed E-state index contributed by atoms with van der Waals surface area (Å²) in [4.78, 5) is 28.1. The lowest BCUT2D eigenvalue weighted by atomic mass is 9.84. The number of amides is 1. The third kappa shape index (κ3) is 4.92. The highest BCUT2D eigenvalue weighted by Crippen LogP contribution is 2.40. The number of carbonyl (C=O) groups is 2. The first-order chi connectivity index (χ1) is 14.7. The molecule has 30 heavy (non-hydrogen) atoms. The Bertz CT molecular complexity index is 836. The molecule has 4 nitrogen and oxygen atoms in total. The van der Waals surface area contributed by atoms with Gasteiger partial charge in [0.05, 0.1) is 0 Å². The molecule has 0 spiro atoms. The molecular formula is C26H31NO3. The second-order valence-corrected chi connectivity index (χ2v) is 8.60. The highest BCUT2D eigenvalue weighted by atomic mass is 16.5. The van der Waals surface area contributed by atoms with E-state index >= 15 is 0 Å². The summed E-state index contributed by atoms with van der Waals surface area (Å²) in [5.41, 5.74) is 2.23. The smallest absolute Gasteiger partial charge is 0.329 e. The van der Waals surface area contributed by atoms with E-state index in [0.717, 1.165) is 44.1 Å². The van der Waals surface area contributed by atoms with Crippen LogP contribution in [0, 0.1) is 5.92 Å². The van der Waals surface area contributed by atoms with Crippen LogP contribution in [0.15, 0.2) is 60.7 Å². The molecule has 0 aromatic heterocycles. The SMILES string of the molecule is O=C(OCc1ccccc1)[C@@H]1C[C@H]2CCCCC2N1C(=O)CCCc1ccccc1. The van der Waals surface area contributed by atoms with E-state index in [0.29, 0.717) is 12.3 Å². The van der Waals surface area contributed by atoms with E-state index in [9.17, 15) is 9.59 Å². The van der Waals surface area contributed by atoms with Gasteiger partial charge in [-0.25, -0.2) is 4.79 Å². The van der Waals surface area contributed by atoms with E-state index in [1.54, 1.807) is 0 Å². The Morgan fingerprint density at radius 2 is 1.57 bits per heavy atom. The molecule has 0 N–H and O–H groups in total. The summed E-state index contributed by atoms with van der Waals surface area (Å²) in [5, 5.41) is 0. The zero-order chi connectivity index (χ0) is 20.8. The van der Waals surface area contributed by atoms with Crippen LogP contribution in [-0.4, -0.2) is 28.9 Å². The van der Waals surface area contributed by atoms with Gasteiger partial charge in [-0.2, -0.15) is 0 Å². The molecule has 2 fully saturated rings. The van der Waals surface area contributed by atoms with Gasteiger partial charge in [-0.15, -0.1) is 0 Å². The van der Waals surface area contributed by atoms with Crippen LogP contribution in [0.1, 0.15) is 56.1 Å². The van der Waals surface area contributed by atoms with Crippen LogP contribution in [-0.2, 0) is 27.4 Å². The standard InChI is InChI=1S/C26H31NO3/c28-25(17-9-14-20-10-3-1-4-11-20)27-23-16-8-7-15-22(23)18-24(27)26(29)30-19-21-12-5-2-6-13-21/h1-6,10-13,22-24H,7-9,14-19H2/t22-,23?,24+/m1/s1. The molecular weight excluding hydrogens is 374 g/mol. The van der Waals surface area contributed by atoms with Crippen LogP contribution in [0.25, 0.3) is 0 Å². The number of hydrogen-bond acceptors (Lipinski definition) is 3. The normalized spacial score (nSPS) is 23.1. The van der Waals surface area contributed by atoms with E-state index in [-0.39, 0.29) is 24.5 Å². The number of aryl methyl sites for hydroxylation is 1. The molecule has 1 unspecified atom stereocenters. The monoisotopic (exact) mass is 405 g/mol. The first kappa shape index (κ1) is 20.6. The van der Waals surface area contributed by atoms with Gasteiger partial charge >= 0.3 is 5.97 Å². The van der Waals surface area contributed by atoms with Crippen LogP contribution in [0.5, 0.6) is 0 Å². The van der Waals surface area contributed by atoms with Crippen molar-refractivity contribution in [1.29, 1.82) is 0 Å². The van der Waals surface area contributed by atoms with Crippen molar-refractivity contribution >= 4 is 11.9 Å². The molecule has 2 aliphatic rings. The van der Waals surface area contributed by atoms with E-state index in [1.807, 2.05) is 53.4 Å². The predicted octanol–water partition coefficient (Wildman–Crippen LogP) is 4.91. The van der Waals surface area contributed by atoms with Gasteiger partial charge in [-0.3, -0.25) is 4.79 Å². The summed E-state index contributed by atoms with van der Waals surface area (Å²) in [6, 6.07) is 19.8. The maximum absolute atomic E-state index is 13.2. The lowest BCUT2D eigenvalue weighted by Crippen LogP contribution is -2.46. The van der Waals surface area contributed by atoms with Gasteiger partial charge < -0.3 is 9.64 Å². The Morgan fingerprint density at radius 1 is 0.900 bits per heavy atom. The molecule has 0 radical (unpaired) electrons. The zero-order valence-corrected chi connectivity index (χ0v) is 17.5. The van der Waals surface area contributed by atoms with E-state index in [1.165, 1.54) is 12.0 Å². The Hall–Kier alpha value is -2.62. The Balaban J connectivity index is 1.39. The molecule has 0 bridgehead atoms. The van der Waals surface area contributed by atoms with Crippen molar-refractivity contribution < 1.29 is 14.3 Å². The van der Waals surface area contributed by atoms with Crippen LogP contribution in [0.2, 0.25) is 0 Å². The number of benzene rings is 2. The number of esters is 1. The number of ether oxygens (including phenoxy) is 1. The summed E-state index contributed by atoms with van der Waals surface area (Å²) in [7, 11) is 0. The molecule has 1 saturated heterocycles. The quantitative estimate of drug-likeness (QED) is 0.615. The summed E-state index contributed by atoms with van der Waals surface area (Å²) >= 11 is 0. The maximum Gasteiger partial charge on any atom is 0.329 e. The van der Waals surface area contributed by atoms with Crippen LogP contribution < -0.4 is 0 Å². The van der Waals surface area contributed by atoms with Crippen molar-refractivity contribution in [3.05, 3.63) is 71.8 Å². The van der Waals surface area contributed by atoms with Gasteiger partial charge in [0.25, 0.3) is 0 Å². The molecule has 1 saturated carbocycles. The first-order valence-electron chi connectivity index (χ1n) is 11.3. The number of hydrogen-bond donors (Lipinski definition) is 0. The predicted molar refractivity (Wildman–Crippen MR) is 117 cm³/mol. The second-order valence-electron chi connectivity index (χ2n) is 8.60. The Morgan fingerprint density at radius 3 is 2.30 bits per heavy atom. The molecule has 4 rings (SSSR count). The van der Waals surface area contributed by atoms with Crippen LogP contribution in [0.4, 0.5) is 0 Å². The van der Waals surface area contributed by atoms with Gasteiger partial charge in [0.2, 0.25) is 5.91 Å². The minimum Gasteiger partial charge on any atom is -0.459 e. The summed E-state index contributed by atoms with van der Waals surface area (Å²) in [6.07, 6.45) is 7.39. The third-order valence-electron chi connectivity index (χ3n) is 6.57. The average molecular weight is 406 g/mol. The van der Waals surface area contributed by atoms with Gasteiger partial charge in [0.1, 0.15) is 12.6 Å². The van der Waals surface area contributed by atoms with Crippen LogP contribution in [0.3, 0.4) is 0 Å². The lowest BCUT2D eigenvalue weighted by molar-refractivity contribution is -0.155. The Kier molecular flexibility index (Phi) is 6.83. The number of fused-ring (bicyclic) bond motifs is 1. The van der Waals surface area contributed by atoms with Crippen molar-refractivity contribution in [1.82, 2.24) is 4.90 Å². The molecule has 4 heteroatoms. The van der Waals surface area contributed by atoms with E-state index < -0.39 is 6.04 Å². The molecule has 1 amide bonds. The lowest BCUT2D eigenvalue weighted by Gasteiger charge is -2.33. The van der Waals surface area contributed by atoms with Crippen molar-refractivity contribution in [2.45, 2.75) is 70.1 Å². The highest BCUT2D eigenvalue weighted by Gasteiger charge is 2.47. The molecule has 2 aromatic carbocycles. The van der Waals surface area contributed by atoms with Crippen molar-refractivity contribution in [3.8, 4) is 0 Å². The fraction of sp³-hybridized carbons (Fsp3) is 0.462. The fourth-order valence-corrected chi connectivity index (χ4v) is 5.07. The molecule has 2 aromatic rings. The minimum atomic E-state index is -0.425.